The first-order valence-corrected chi connectivity index (χ1v) is 17.3. The number of carboxylic acid groups (broad SMARTS) is 1. The van der Waals surface area contributed by atoms with Crippen LogP contribution in [0.3, 0.4) is 0 Å². The van der Waals surface area contributed by atoms with Crippen molar-refractivity contribution >= 4 is 59.1 Å². The van der Waals surface area contributed by atoms with Crippen LogP contribution in [0.25, 0.3) is 0 Å². The SMILES string of the molecule is CC(C)C[C@H](NC(=O)[C@H](Cc1cnc[nH]1)NC(=O)CNC(=O)CNC(=O)CNC(=O)CNC(=O)CNC(=O)CN)C(=O)N[C@H](C(=O)N[C@@H](C)C(=O)O)C(C)C. The number of hydrogen-bond donors (Lipinski definition) is 12. The molecule has 0 unspecified atom stereocenters. The molecule has 9 amide bonds. The maximum absolute atomic E-state index is 13.6. The Morgan fingerprint density at radius 1 is 0.636 bits per heavy atom. The van der Waals surface area contributed by atoms with E-state index in [9.17, 15) is 47.9 Å². The van der Waals surface area contributed by atoms with E-state index in [0.717, 1.165) is 0 Å². The van der Waals surface area contributed by atoms with Crippen molar-refractivity contribution in [1.82, 2.24) is 57.8 Å². The van der Waals surface area contributed by atoms with Gasteiger partial charge in [-0.05, 0) is 25.2 Å². The van der Waals surface area contributed by atoms with Crippen molar-refractivity contribution in [2.45, 2.75) is 71.6 Å². The second kappa shape index (κ2) is 24.2. The van der Waals surface area contributed by atoms with Crippen LogP contribution in [-0.4, -0.2) is 138 Å². The number of rotatable bonds is 24. The van der Waals surface area contributed by atoms with Crippen molar-refractivity contribution in [2.24, 2.45) is 17.6 Å². The maximum atomic E-state index is 13.6. The van der Waals surface area contributed by atoms with E-state index in [1.807, 2.05) is 0 Å². The van der Waals surface area contributed by atoms with Gasteiger partial charge in [0.2, 0.25) is 53.2 Å². The zero-order valence-corrected chi connectivity index (χ0v) is 31.3. The molecule has 0 saturated carbocycles. The summed E-state index contributed by atoms with van der Waals surface area (Å²) in [5.41, 5.74) is 5.55. The third-order valence-corrected chi connectivity index (χ3v) is 7.36. The lowest BCUT2D eigenvalue weighted by Crippen LogP contribution is -2.59. The molecule has 4 atom stereocenters. The highest BCUT2D eigenvalue weighted by Crippen LogP contribution is 2.10. The predicted octanol–water partition coefficient (Wildman–Crippen LogP) is -5.76. The molecule has 1 heterocycles. The maximum Gasteiger partial charge on any atom is 0.325 e. The summed E-state index contributed by atoms with van der Waals surface area (Å²) in [6.45, 7) is 5.26. The normalized spacial score (nSPS) is 12.9. The van der Waals surface area contributed by atoms with E-state index >= 15 is 0 Å². The highest BCUT2D eigenvalue weighted by Gasteiger charge is 2.32. The number of H-pyrrole nitrogens is 1. The number of carbonyl (C=O) groups excluding carboxylic acids is 9. The molecule has 0 radical (unpaired) electrons. The van der Waals surface area contributed by atoms with Gasteiger partial charge in [-0.3, -0.25) is 47.9 Å². The molecule has 0 saturated heterocycles. The van der Waals surface area contributed by atoms with Gasteiger partial charge >= 0.3 is 5.97 Å². The highest BCUT2D eigenvalue weighted by atomic mass is 16.4. The Labute approximate surface area is 316 Å². The quantitative estimate of drug-likeness (QED) is 0.0466. The van der Waals surface area contributed by atoms with Crippen molar-refractivity contribution in [2.75, 3.05) is 39.3 Å². The molecule has 1 aromatic rings. The number of imidazole rings is 1. The number of aromatic amines is 1. The van der Waals surface area contributed by atoms with Gasteiger partial charge < -0.3 is 63.7 Å². The number of nitrogens with zero attached hydrogens (tertiary/aromatic N) is 1. The molecule has 0 aromatic carbocycles. The van der Waals surface area contributed by atoms with Crippen LogP contribution in [-0.2, 0) is 54.4 Å². The van der Waals surface area contributed by atoms with Gasteiger partial charge in [0.15, 0.2) is 0 Å². The number of nitrogens with two attached hydrogens (primary N) is 1. The number of amides is 9. The third kappa shape index (κ3) is 19.5. The molecule has 0 aliphatic carbocycles. The summed E-state index contributed by atoms with van der Waals surface area (Å²) in [7, 11) is 0. The first-order chi connectivity index (χ1) is 25.8. The van der Waals surface area contributed by atoms with Crippen LogP contribution in [0.5, 0.6) is 0 Å². The fourth-order valence-corrected chi connectivity index (χ4v) is 4.42. The lowest BCUT2D eigenvalue weighted by Gasteiger charge is -2.28. The minimum absolute atomic E-state index is 0.0953. The van der Waals surface area contributed by atoms with E-state index in [0.29, 0.717) is 5.69 Å². The second-order valence-corrected chi connectivity index (χ2v) is 13.0. The minimum atomic E-state index is -1.27. The molecule has 0 aliphatic rings. The van der Waals surface area contributed by atoms with Crippen molar-refractivity contribution in [3.05, 3.63) is 18.2 Å². The lowest BCUT2D eigenvalue weighted by molar-refractivity contribution is -0.142. The van der Waals surface area contributed by atoms with Crippen LogP contribution < -0.4 is 53.6 Å². The molecular weight excluding hydrogens is 728 g/mol. The third-order valence-electron chi connectivity index (χ3n) is 7.36. The van der Waals surface area contributed by atoms with Gasteiger partial charge in [0.05, 0.1) is 45.6 Å². The summed E-state index contributed by atoms with van der Waals surface area (Å²) in [5.74, 6) is -8.34. The first-order valence-electron chi connectivity index (χ1n) is 17.3. The number of aromatic nitrogens is 2. The smallest absolute Gasteiger partial charge is 0.325 e. The van der Waals surface area contributed by atoms with Gasteiger partial charge in [-0.25, -0.2) is 4.98 Å². The molecule has 0 aliphatic heterocycles. The number of hydrogen-bond acceptors (Lipinski definition) is 12. The Hall–Kier alpha value is -6.13. The van der Waals surface area contributed by atoms with Crippen LogP contribution >= 0.6 is 0 Å². The number of aliphatic carboxylic acids is 1. The summed E-state index contributed by atoms with van der Waals surface area (Å²) in [5, 5.41) is 30.4. The summed E-state index contributed by atoms with van der Waals surface area (Å²) in [6, 6.07) is -4.78. The van der Waals surface area contributed by atoms with E-state index in [1.165, 1.54) is 19.4 Å². The van der Waals surface area contributed by atoms with Crippen molar-refractivity contribution < 1.29 is 53.1 Å². The van der Waals surface area contributed by atoms with Crippen molar-refractivity contribution in [1.29, 1.82) is 0 Å². The molecule has 23 heteroatoms. The van der Waals surface area contributed by atoms with Crippen LogP contribution in [0.15, 0.2) is 12.5 Å². The summed E-state index contributed by atoms with van der Waals surface area (Å²) >= 11 is 0. The fourth-order valence-electron chi connectivity index (χ4n) is 4.42. The molecule has 1 rings (SSSR count). The fraction of sp³-hybridized carbons (Fsp3) is 0.594. The van der Waals surface area contributed by atoms with Crippen LogP contribution in [0.2, 0.25) is 0 Å². The van der Waals surface area contributed by atoms with E-state index in [-0.39, 0.29) is 25.3 Å². The predicted molar refractivity (Wildman–Crippen MR) is 192 cm³/mol. The molecule has 13 N–H and O–H groups in total. The number of carbonyl (C=O) groups is 10. The lowest BCUT2D eigenvalue weighted by atomic mass is 9.99. The average Bonchev–Trinajstić information content (AvgIpc) is 3.64. The molecule has 55 heavy (non-hydrogen) atoms. The van der Waals surface area contributed by atoms with Crippen LogP contribution in [0.1, 0.15) is 46.7 Å². The second-order valence-electron chi connectivity index (χ2n) is 13.0. The summed E-state index contributed by atoms with van der Waals surface area (Å²) < 4.78 is 0. The number of carboxylic acids is 1. The topological polar surface area (TPSA) is 354 Å². The molecule has 1 aromatic heterocycles. The van der Waals surface area contributed by atoms with Gasteiger partial charge in [0, 0.05) is 18.3 Å². The molecule has 23 nitrogen and oxygen atoms in total. The largest absolute Gasteiger partial charge is 0.480 e. The molecule has 0 fully saturated rings. The Morgan fingerprint density at radius 3 is 1.53 bits per heavy atom. The minimum Gasteiger partial charge on any atom is -0.480 e. The van der Waals surface area contributed by atoms with E-state index in [2.05, 4.69) is 57.8 Å². The van der Waals surface area contributed by atoms with Crippen LogP contribution in [0.4, 0.5) is 0 Å². The monoisotopic (exact) mass is 780 g/mol. The Balaban J connectivity index is 2.77. The molecule has 306 valence electrons. The molecular formula is C32H52N12O11. The van der Waals surface area contributed by atoms with E-state index in [4.69, 9.17) is 10.8 Å². The zero-order valence-electron chi connectivity index (χ0n) is 31.3. The van der Waals surface area contributed by atoms with E-state index in [1.54, 1.807) is 27.7 Å². The zero-order chi connectivity index (χ0) is 41.7. The average molecular weight is 781 g/mol. The molecule has 0 spiro atoms. The molecule has 0 bridgehead atoms. The standard InChI is InChI=1S/C32H52N12O11/c1-16(2)6-20(30(52)44-28(17(3)4)31(53)41-18(5)32(54)55)43-29(51)21(7-19-9-34-15-40-19)42-27(50)14-39-26(49)13-38-25(48)12-37-24(47)11-36-23(46)10-35-22(45)8-33/h9,15-18,20-21,28H,6-8,10-14,33H2,1-5H3,(H,34,40)(H,35,45)(H,36,46)(H,37,47)(H,38,48)(H,39,49)(H,41,53)(H,42,50)(H,43,51)(H,44,52)(H,54,55)/t18-,20-,21-,28-/m0/s1. The Kier molecular flexibility index (Phi) is 20.7. The van der Waals surface area contributed by atoms with Gasteiger partial charge in [0.25, 0.3) is 0 Å². The number of nitrogens with one attached hydrogen (secondary N) is 10. The Bertz CT molecular complexity index is 1520. The first kappa shape index (κ1) is 46.9. The summed E-state index contributed by atoms with van der Waals surface area (Å²) in [4.78, 5) is 129. The highest BCUT2D eigenvalue weighted by molar-refractivity contribution is 5.96. The summed E-state index contributed by atoms with van der Waals surface area (Å²) in [6.07, 6.45) is 2.82. The van der Waals surface area contributed by atoms with E-state index < -0.39 is 122 Å². The van der Waals surface area contributed by atoms with Gasteiger partial charge in [0.1, 0.15) is 24.2 Å². The van der Waals surface area contributed by atoms with Gasteiger partial charge in [-0.2, -0.15) is 0 Å². The van der Waals surface area contributed by atoms with Crippen molar-refractivity contribution in [3.63, 3.8) is 0 Å². The van der Waals surface area contributed by atoms with Crippen molar-refractivity contribution in [3.8, 4) is 0 Å². The van der Waals surface area contributed by atoms with Gasteiger partial charge in [-0.15, -0.1) is 0 Å². The Morgan fingerprint density at radius 2 is 1.11 bits per heavy atom. The van der Waals surface area contributed by atoms with Crippen LogP contribution in [0, 0.1) is 11.8 Å². The van der Waals surface area contributed by atoms with Gasteiger partial charge in [-0.1, -0.05) is 27.7 Å².